The number of hydrogen-bond donors (Lipinski definition) is 1. The first-order chi connectivity index (χ1) is 13.6. The second-order valence-electron chi connectivity index (χ2n) is 6.70. The summed E-state index contributed by atoms with van der Waals surface area (Å²) in [6.45, 7) is 0. The van der Waals surface area contributed by atoms with Gasteiger partial charge in [-0.3, -0.25) is 0 Å². The van der Waals surface area contributed by atoms with E-state index < -0.39 is 5.41 Å². The van der Waals surface area contributed by atoms with E-state index in [1.165, 1.54) is 16.7 Å². The van der Waals surface area contributed by atoms with Gasteiger partial charge >= 0.3 is 0 Å². The molecule has 0 saturated carbocycles. The van der Waals surface area contributed by atoms with E-state index in [-0.39, 0.29) is 0 Å². The highest BCUT2D eigenvalue weighted by molar-refractivity contribution is 9.11. The van der Waals surface area contributed by atoms with Crippen molar-refractivity contribution < 1.29 is 0 Å². The van der Waals surface area contributed by atoms with Crippen LogP contribution < -0.4 is 5.73 Å². The summed E-state index contributed by atoms with van der Waals surface area (Å²) in [5.74, 6) is 0. The average Bonchev–Trinajstić information content (AvgIpc) is 2.75. The van der Waals surface area contributed by atoms with Gasteiger partial charge in [0, 0.05) is 8.95 Å². The monoisotopic (exact) mass is 491 g/mol. The molecule has 4 rings (SSSR count). The fraction of sp³-hybridized carbons (Fsp3) is 0.0400. The summed E-state index contributed by atoms with van der Waals surface area (Å²) in [7, 11) is 0. The summed E-state index contributed by atoms with van der Waals surface area (Å²) in [5.41, 5.74) is 11.2. The van der Waals surface area contributed by atoms with Gasteiger partial charge in [0.05, 0.1) is 11.1 Å². The summed E-state index contributed by atoms with van der Waals surface area (Å²) in [6, 6.07) is 36.2. The molecule has 0 spiro atoms. The molecule has 0 fully saturated rings. The third-order valence-corrected chi connectivity index (χ3v) is 6.44. The normalized spacial score (nSPS) is 11.4. The van der Waals surface area contributed by atoms with Gasteiger partial charge in [-0.1, -0.05) is 91.0 Å². The molecular formula is C25H19Br2N. The first-order valence-corrected chi connectivity index (χ1v) is 10.6. The molecule has 2 N–H and O–H groups in total. The molecule has 0 aliphatic heterocycles. The van der Waals surface area contributed by atoms with Crippen LogP contribution in [0.4, 0.5) is 5.69 Å². The second-order valence-corrected chi connectivity index (χ2v) is 8.41. The topological polar surface area (TPSA) is 26.0 Å². The van der Waals surface area contributed by atoms with Crippen molar-refractivity contribution in [3.63, 3.8) is 0 Å². The largest absolute Gasteiger partial charge is 0.397 e. The predicted molar refractivity (Wildman–Crippen MR) is 125 cm³/mol. The minimum absolute atomic E-state index is 0.470. The molecule has 0 heterocycles. The van der Waals surface area contributed by atoms with Crippen LogP contribution in [0.2, 0.25) is 0 Å². The highest BCUT2D eigenvalue weighted by atomic mass is 79.9. The van der Waals surface area contributed by atoms with Crippen molar-refractivity contribution in [1.29, 1.82) is 0 Å². The zero-order valence-electron chi connectivity index (χ0n) is 15.1. The Morgan fingerprint density at radius 3 is 1.14 bits per heavy atom. The molecule has 0 radical (unpaired) electrons. The first kappa shape index (κ1) is 19.0. The third kappa shape index (κ3) is 3.19. The van der Waals surface area contributed by atoms with Crippen LogP contribution in [0.5, 0.6) is 0 Å². The SMILES string of the molecule is Nc1c(Br)cc(C(c2ccccc2)(c2ccccc2)c2ccccc2)cc1Br. The van der Waals surface area contributed by atoms with E-state index in [9.17, 15) is 0 Å². The molecule has 0 saturated heterocycles. The van der Waals surface area contributed by atoms with Crippen LogP contribution in [-0.4, -0.2) is 0 Å². The van der Waals surface area contributed by atoms with E-state index in [2.05, 4.69) is 135 Å². The Balaban J connectivity index is 2.17. The summed E-state index contributed by atoms with van der Waals surface area (Å²) in [5, 5.41) is 0. The Morgan fingerprint density at radius 1 is 0.500 bits per heavy atom. The number of hydrogen-bond acceptors (Lipinski definition) is 1. The zero-order chi connectivity index (χ0) is 19.6. The second kappa shape index (κ2) is 7.94. The van der Waals surface area contributed by atoms with E-state index >= 15 is 0 Å². The number of nitrogen functional groups attached to an aromatic ring is 1. The van der Waals surface area contributed by atoms with Gasteiger partial charge in [0.25, 0.3) is 0 Å². The smallest absolute Gasteiger partial charge is 0.0702 e. The fourth-order valence-electron chi connectivity index (χ4n) is 3.87. The van der Waals surface area contributed by atoms with Crippen molar-refractivity contribution >= 4 is 37.5 Å². The molecule has 138 valence electrons. The van der Waals surface area contributed by atoms with Crippen molar-refractivity contribution in [3.05, 3.63) is 134 Å². The Kier molecular flexibility index (Phi) is 5.38. The molecule has 3 heteroatoms. The molecule has 0 amide bonds. The van der Waals surface area contributed by atoms with Gasteiger partial charge < -0.3 is 5.73 Å². The predicted octanol–water partition coefficient (Wildman–Crippen LogP) is 7.18. The van der Waals surface area contributed by atoms with Gasteiger partial charge in [0.1, 0.15) is 0 Å². The molecule has 28 heavy (non-hydrogen) atoms. The zero-order valence-corrected chi connectivity index (χ0v) is 18.3. The lowest BCUT2D eigenvalue weighted by atomic mass is 9.65. The maximum absolute atomic E-state index is 6.22. The molecule has 0 aliphatic rings. The average molecular weight is 493 g/mol. The van der Waals surface area contributed by atoms with Crippen LogP contribution in [0.1, 0.15) is 22.3 Å². The van der Waals surface area contributed by atoms with Crippen molar-refractivity contribution in [2.24, 2.45) is 0 Å². The van der Waals surface area contributed by atoms with Crippen LogP contribution in [0, 0.1) is 0 Å². The molecule has 1 nitrogen and oxygen atoms in total. The highest BCUT2D eigenvalue weighted by Crippen LogP contribution is 2.47. The number of halogens is 2. The molecular weight excluding hydrogens is 474 g/mol. The lowest BCUT2D eigenvalue weighted by Crippen LogP contribution is -2.31. The number of anilines is 1. The Morgan fingerprint density at radius 2 is 0.821 bits per heavy atom. The van der Waals surface area contributed by atoms with Crippen molar-refractivity contribution in [1.82, 2.24) is 0 Å². The van der Waals surface area contributed by atoms with Gasteiger partial charge in [-0.15, -0.1) is 0 Å². The van der Waals surface area contributed by atoms with Gasteiger partial charge in [0.2, 0.25) is 0 Å². The molecule has 0 aliphatic carbocycles. The summed E-state index contributed by atoms with van der Waals surface area (Å²) < 4.78 is 1.76. The van der Waals surface area contributed by atoms with Crippen LogP contribution in [0.3, 0.4) is 0 Å². The number of rotatable bonds is 4. The van der Waals surface area contributed by atoms with E-state index in [1.54, 1.807) is 0 Å². The summed E-state index contributed by atoms with van der Waals surface area (Å²) in [4.78, 5) is 0. The maximum Gasteiger partial charge on any atom is 0.0702 e. The molecule has 0 bridgehead atoms. The highest BCUT2D eigenvalue weighted by Gasteiger charge is 2.38. The minimum Gasteiger partial charge on any atom is -0.397 e. The minimum atomic E-state index is -0.470. The Bertz CT molecular complexity index is 958. The molecule has 4 aromatic rings. The van der Waals surface area contributed by atoms with Crippen LogP contribution >= 0.6 is 31.9 Å². The number of nitrogens with two attached hydrogens (primary N) is 1. The molecule has 0 unspecified atom stereocenters. The van der Waals surface area contributed by atoms with Crippen LogP contribution in [0.15, 0.2) is 112 Å². The lowest BCUT2D eigenvalue weighted by Gasteiger charge is -2.37. The van der Waals surface area contributed by atoms with Crippen molar-refractivity contribution in [3.8, 4) is 0 Å². The Labute approximate surface area is 182 Å². The van der Waals surface area contributed by atoms with Gasteiger partial charge in [-0.25, -0.2) is 0 Å². The fourth-order valence-corrected chi connectivity index (χ4v) is 5.05. The van der Waals surface area contributed by atoms with Gasteiger partial charge in [-0.2, -0.15) is 0 Å². The van der Waals surface area contributed by atoms with Crippen LogP contribution in [-0.2, 0) is 5.41 Å². The van der Waals surface area contributed by atoms with E-state index in [0.717, 1.165) is 14.5 Å². The molecule has 0 atom stereocenters. The van der Waals surface area contributed by atoms with Crippen molar-refractivity contribution in [2.75, 3.05) is 5.73 Å². The third-order valence-electron chi connectivity index (χ3n) is 5.13. The standard InChI is InChI=1S/C25H19Br2N/c26-22-16-21(17-23(27)24(22)28)25(18-10-4-1-5-11-18,19-12-6-2-7-13-19)20-14-8-3-9-15-20/h1-17H,28H2. The first-order valence-electron chi connectivity index (χ1n) is 9.05. The van der Waals surface area contributed by atoms with Crippen molar-refractivity contribution in [2.45, 2.75) is 5.41 Å². The van der Waals surface area contributed by atoms with E-state index in [4.69, 9.17) is 5.73 Å². The lowest BCUT2D eigenvalue weighted by molar-refractivity contribution is 0.744. The molecule has 0 aromatic heterocycles. The van der Waals surface area contributed by atoms with Gasteiger partial charge in [0.15, 0.2) is 0 Å². The van der Waals surface area contributed by atoms with E-state index in [0.29, 0.717) is 5.69 Å². The van der Waals surface area contributed by atoms with Crippen LogP contribution in [0.25, 0.3) is 0 Å². The maximum atomic E-state index is 6.22. The quantitative estimate of drug-likeness (QED) is 0.237. The number of benzene rings is 4. The summed E-state index contributed by atoms with van der Waals surface area (Å²) in [6.07, 6.45) is 0. The Hall–Kier alpha value is -2.36. The van der Waals surface area contributed by atoms with E-state index in [1.807, 2.05) is 0 Å². The molecule has 4 aromatic carbocycles. The van der Waals surface area contributed by atoms with Gasteiger partial charge in [-0.05, 0) is 66.2 Å². The summed E-state index contributed by atoms with van der Waals surface area (Å²) >= 11 is 7.30.